The minimum atomic E-state index is -0.690. The first-order chi connectivity index (χ1) is 12.5. The summed E-state index contributed by atoms with van der Waals surface area (Å²) in [6.07, 6.45) is -0.313. The van der Waals surface area contributed by atoms with Crippen LogP contribution in [-0.2, 0) is 16.0 Å². The minimum Gasteiger partial charge on any atom is -0.392 e. The van der Waals surface area contributed by atoms with Gasteiger partial charge in [-0.1, -0.05) is 54.1 Å². The Morgan fingerprint density at radius 1 is 1.27 bits per heavy atom. The van der Waals surface area contributed by atoms with Crippen molar-refractivity contribution in [1.82, 2.24) is 4.90 Å². The number of hydrogen-bond acceptors (Lipinski definition) is 3. The fraction of sp³-hybridized carbons (Fsp3) is 0.381. The van der Waals surface area contributed by atoms with Crippen molar-refractivity contribution >= 4 is 17.5 Å². The maximum atomic E-state index is 12.7. The van der Waals surface area contributed by atoms with Crippen molar-refractivity contribution in [2.75, 3.05) is 13.2 Å². The van der Waals surface area contributed by atoms with Crippen molar-refractivity contribution in [2.24, 2.45) is 0 Å². The molecule has 0 spiro atoms. The van der Waals surface area contributed by atoms with Crippen LogP contribution >= 0.6 is 11.6 Å². The zero-order chi connectivity index (χ0) is 18.5. The summed E-state index contributed by atoms with van der Waals surface area (Å²) in [5.41, 5.74) is 1.99. The second-order valence-corrected chi connectivity index (χ2v) is 7.16. The van der Waals surface area contributed by atoms with Crippen LogP contribution in [0.25, 0.3) is 0 Å². The molecular weight excluding hydrogens is 350 g/mol. The van der Waals surface area contributed by atoms with E-state index in [0.29, 0.717) is 24.6 Å². The van der Waals surface area contributed by atoms with E-state index in [9.17, 15) is 9.90 Å². The number of rotatable bonds is 5. The SMILES string of the molecule is C[C@@H]1[C@@H](c2cccc(Cl)c2)OCCN1C(=O)CC(O)Cc1ccccc1. The molecule has 0 saturated carbocycles. The van der Waals surface area contributed by atoms with E-state index in [-0.39, 0.29) is 24.5 Å². The summed E-state index contributed by atoms with van der Waals surface area (Å²) in [6.45, 7) is 2.99. The van der Waals surface area contributed by atoms with Crippen LogP contribution in [0.2, 0.25) is 5.02 Å². The van der Waals surface area contributed by atoms with Gasteiger partial charge in [-0.25, -0.2) is 0 Å². The summed E-state index contributed by atoms with van der Waals surface area (Å²) in [5.74, 6) is -0.0451. The van der Waals surface area contributed by atoms with Crippen LogP contribution < -0.4 is 0 Å². The van der Waals surface area contributed by atoms with Crippen LogP contribution in [0.4, 0.5) is 0 Å². The molecule has 1 aliphatic heterocycles. The number of ether oxygens (including phenoxy) is 1. The van der Waals surface area contributed by atoms with Crippen LogP contribution in [0.3, 0.4) is 0 Å². The summed E-state index contributed by atoms with van der Waals surface area (Å²) in [4.78, 5) is 14.5. The number of morpholine rings is 1. The number of nitrogens with zero attached hydrogens (tertiary/aromatic N) is 1. The van der Waals surface area contributed by atoms with E-state index in [1.165, 1.54) is 0 Å². The summed E-state index contributed by atoms with van der Waals surface area (Å²) in [6, 6.07) is 17.2. The molecule has 0 aliphatic carbocycles. The predicted molar refractivity (Wildman–Crippen MR) is 102 cm³/mol. The van der Waals surface area contributed by atoms with Gasteiger partial charge in [-0.15, -0.1) is 0 Å². The number of aliphatic hydroxyl groups is 1. The maximum Gasteiger partial charge on any atom is 0.225 e. The van der Waals surface area contributed by atoms with Gasteiger partial charge >= 0.3 is 0 Å². The van der Waals surface area contributed by atoms with Crippen molar-refractivity contribution in [2.45, 2.75) is 38.0 Å². The Morgan fingerprint density at radius 2 is 2.04 bits per heavy atom. The van der Waals surface area contributed by atoms with E-state index in [2.05, 4.69) is 0 Å². The summed E-state index contributed by atoms with van der Waals surface area (Å²) in [7, 11) is 0. The molecule has 0 aromatic heterocycles. The van der Waals surface area contributed by atoms with Crippen molar-refractivity contribution in [1.29, 1.82) is 0 Å². The third kappa shape index (κ3) is 4.64. The zero-order valence-electron chi connectivity index (χ0n) is 14.8. The summed E-state index contributed by atoms with van der Waals surface area (Å²) >= 11 is 6.09. The Kier molecular flexibility index (Phi) is 6.30. The van der Waals surface area contributed by atoms with E-state index in [1.807, 2.05) is 66.4 Å². The highest BCUT2D eigenvalue weighted by Gasteiger charge is 2.33. The number of carbonyl (C=O) groups is 1. The molecule has 138 valence electrons. The van der Waals surface area contributed by atoms with Gasteiger partial charge in [0, 0.05) is 11.6 Å². The van der Waals surface area contributed by atoms with Crippen molar-refractivity contribution in [3.8, 4) is 0 Å². The van der Waals surface area contributed by atoms with Gasteiger partial charge < -0.3 is 14.7 Å². The van der Waals surface area contributed by atoms with Crippen LogP contribution in [0.15, 0.2) is 54.6 Å². The molecule has 0 bridgehead atoms. The smallest absolute Gasteiger partial charge is 0.225 e. The molecule has 3 rings (SSSR count). The highest BCUT2D eigenvalue weighted by atomic mass is 35.5. The molecule has 1 unspecified atom stereocenters. The molecule has 1 N–H and O–H groups in total. The molecule has 5 heteroatoms. The normalized spacial score (nSPS) is 21.4. The Hall–Kier alpha value is -1.88. The van der Waals surface area contributed by atoms with Crippen LogP contribution in [-0.4, -0.2) is 41.2 Å². The molecule has 26 heavy (non-hydrogen) atoms. The van der Waals surface area contributed by atoms with E-state index in [1.54, 1.807) is 0 Å². The molecule has 1 saturated heterocycles. The first kappa shape index (κ1) is 18.9. The average molecular weight is 374 g/mol. The highest BCUT2D eigenvalue weighted by molar-refractivity contribution is 6.30. The van der Waals surface area contributed by atoms with Crippen LogP contribution in [0.5, 0.6) is 0 Å². The van der Waals surface area contributed by atoms with Gasteiger partial charge in [-0.3, -0.25) is 4.79 Å². The van der Waals surface area contributed by atoms with Gasteiger partial charge in [0.05, 0.1) is 25.2 Å². The van der Waals surface area contributed by atoms with Gasteiger partial charge in [0.15, 0.2) is 0 Å². The number of benzene rings is 2. The second kappa shape index (κ2) is 8.67. The Balaban J connectivity index is 1.63. The van der Waals surface area contributed by atoms with Gasteiger partial charge in [-0.05, 0) is 36.6 Å². The fourth-order valence-electron chi connectivity index (χ4n) is 3.47. The van der Waals surface area contributed by atoms with Gasteiger partial charge in [0.1, 0.15) is 6.10 Å². The first-order valence-electron chi connectivity index (χ1n) is 8.93. The van der Waals surface area contributed by atoms with Gasteiger partial charge in [0.25, 0.3) is 0 Å². The highest BCUT2D eigenvalue weighted by Crippen LogP contribution is 2.30. The first-order valence-corrected chi connectivity index (χ1v) is 9.31. The summed E-state index contributed by atoms with van der Waals surface area (Å²) in [5, 5.41) is 11.0. The molecule has 0 radical (unpaired) electrons. The zero-order valence-corrected chi connectivity index (χ0v) is 15.6. The maximum absolute atomic E-state index is 12.7. The van der Waals surface area contributed by atoms with Crippen molar-refractivity contribution in [3.05, 3.63) is 70.7 Å². The molecule has 1 fully saturated rings. The Labute approximate surface area is 159 Å². The molecule has 1 aliphatic rings. The third-order valence-electron chi connectivity index (χ3n) is 4.78. The number of halogens is 1. The number of hydrogen-bond donors (Lipinski definition) is 1. The fourth-order valence-corrected chi connectivity index (χ4v) is 3.67. The van der Waals surface area contributed by atoms with Crippen LogP contribution in [0.1, 0.15) is 30.6 Å². The minimum absolute atomic E-state index is 0.0451. The molecule has 3 atom stereocenters. The lowest BCUT2D eigenvalue weighted by Crippen LogP contribution is -2.49. The average Bonchev–Trinajstić information content (AvgIpc) is 2.62. The topological polar surface area (TPSA) is 49.8 Å². The van der Waals surface area contributed by atoms with Gasteiger partial charge in [-0.2, -0.15) is 0 Å². The molecular formula is C21H24ClNO3. The molecule has 4 nitrogen and oxygen atoms in total. The van der Waals surface area contributed by atoms with E-state index < -0.39 is 6.10 Å². The lowest BCUT2D eigenvalue weighted by atomic mass is 9.99. The number of aliphatic hydroxyl groups excluding tert-OH is 1. The van der Waals surface area contributed by atoms with Crippen molar-refractivity contribution in [3.63, 3.8) is 0 Å². The lowest BCUT2D eigenvalue weighted by molar-refractivity contribution is -0.147. The molecule has 1 heterocycles. The van der Waals surface area contributed by atoms with Crippen molar-refractivity contribution < 1.29 is 14.6 Å². The van der Waals surface area contributed by atoms with E-state index >= 15 is 0 Å². The quantitative estimate of drug-likeness (QED) is 0.870. The third-order valence-corrected chi connectivity index (χ3v) is 5.02. The molecule has 1 amide bonds. The van der Waals surface area contributed by atoms with Gasteiger partial charge in [0.2, 0.25) is 5.91 Å². The largest absolute Gasteiger partial charge is 0.392 e. The standard InChI is InChI=1S/C21H24ClNO3/c1-15-21(17-8-5-9-18(22)13-17)26-11-10-23(15)20(25)14-19(24)12-16-6-3-2-4-7-16/h2-9,13,15,19,21,24H,10-12,14H2,1H3/t15-,19?,21+/m1/s1. The molecule has 2 aromatic rings. The molecule has 2 aromatic carbocycles. The summed E-state index contributed by atoms with van der Waals surface area (Å²) < 4.78 is 5.90. The lowest BCUT2D eigenvalue weighted by Gasteiger charge is -2.40. The monoisotopic (exact) mass is 373 g/mol. The number of carbonyl (C=O) groups excluding carboxylic acids is 1. The van der Waals surface area contributed by atoms with E-state index in [0.717, 1.165) is 11.1 Å². The Morgan fingerprint density at radius 3 is 2.77 bits per heavy atom. The predicted octanol–water partition coefficient (Wildman–Crippen LogP) is 3.62. The Bertz CT molecular complexity index is 737. The van der Waals surface area contributed by atoms with Crippen LogP contribution in [0, 0.1) is 0 Å². The number of amides is 1. The second-order valence-electron chi connectivity index (χ2n) is 6.72. The van der Waals surface area contributed by atoms with E-state index in [4.69, 9.17) is 16.3 Å².